The molecule has 0 bridgehead atoms. The maximum absolute atomic E-state index is 4.18. The van der Waals surface area contributed by atoms with Crippen LogP contribution in [0.25, 0.3) is 0 Å². The van der Waals surface area contributed by atoms with Gasteiger partial charge < -0.3 is 10.6 Å². The van der Waals surface area contributed by atoms with Gasteiger partial charge >= 0.3 is 0 Å². The lowest BCUT2D eigenvalue weighted by Crippen LogP contribution is -2.46. The van der Waals surface area contributed by atoms with Crippen LogP contribution in [-0.4, -0.2) is 25.1 Å². The van der Waals surface area contributed by atoms with Crippen molar-refractivity contribution in [2.45, 2.75) is 44.2 Å². The minimum Gasteiger partial charge on any atom is -0.354 e. The summed E-state index contributed by atoms with van der Waals surface area (Å²) in [4.78, 5) is 4.18. The zero-order valence-electron chi connectivity index (χ0n) is 7.64. The summed E-state index contributed by atoms with van der Waals surface area (Å²) >= 11 is 0. The first kappa shape index (κ1) is 7.90. The first-order chi connectivity index (χ1) is 5.88. The van der Waals surface area contributed by atoms with Crippen molar-refractivity contribution in [1.29, 1.82) is 0 Å². The molecule has 3 nitrogen and oxygen atoms in total. The number of hydrogen-bond acceptors (Lipinski definition) is 1. The normalized spacial score (nSPS) is 24.9. The molecule has 0 amide bonds. The predicted molar refractivity (Wildman–Crippen MR) is 50.3 cm³/mol. The molecule has 0 radical (unpaired) electrons. The Balaban J connectivity index is 1.73. The van der Waals surface area contributed by atoms with Crippen LogP contribution in [0.4, 0.5) is 0 Å². The second kappa shape index (κ2) is 3.33. The van der Waals surface area contributed by atoms with Crippen molar-refractivity contribution in [3.05, 3.63) is 0 Å². The highest BCUT2D eigenvalue weighted by Gasteiger charge is 2.24. The van der Waals surface area contributed by atoms with Crippen molar-refractivity contribution in [3.63, 3.8) is 0 Å². The van der Waals surface area contributed by atoms with Gasteiger partial charge in [-0.15, -0.1) is 0 Å². The highest BCUT2D eigenvalue weighted by atomic mass is 15.2. The molecule has 2 N–H and O–H groups in total. The molecule has 0 spiro atoms. The van der Waals surface area contributed by atoms with E-state index in [1.54, 1.807) is 0 Å². The molecule has 0 heterocycles. The lowest BCUT2D eigenvalue weighted by atomic mass is 9.93. The number of nitrogens with zero attached hydrogens (tertiary/aromatic N) is 1. The van der Waals surface area contributed by atoms with Gasteiger partial charge in [0.25, 0.3) is 0 Å². The second-order valence-electron chi connectivity index (χ2n) is 3.76. The molecule has 3 heteroatoms. The molecule has 0 saturated heterocycles. The summed E-state index contributed by atoms with van der Waals surface area (Å²) in [5.74, 6) is 1.00. The Bertz CT molecular complexity index is 180. The quantitative estimate of drug-likeness (QED) is 0.473. The van der Waals surface area contributed by atoms with E-state index in [0.717, 1.165) is 5.96 Å². The van der Waals surface area contributed by atoms with E-state index < -0.39 is 0 Å². The third-order valence-electron chi connectivity index (χ3n) is 2.59. The summed E-state index contributed by atoms with van der Waals surface area (Å²) in [6.45, 7) is 0. The van der Waals surface area contributed by atoms with Gasteiger partial charge in [-0.2, -0.15) is 0 Å². The third kappa shape index (κ3) is 1.90. The highest BCUT2D eigenvalue weighted by molar-refractivity contribution is 5.80. The van der Waals surface area contributed by atoms with E-state index in [0.29, 0.717) is 12.1 Å². The van der Waals surface area contributed by atoms with Crippen LogP contribution < -0.4 is 10.6 Å². The van der Waals surface area contributed by atoms with Crippen molar-refractivity contribution in [2.75, 3.05) is 7.05 Å². The van der Waals surface area contributed by atoms with Crippen molar-refractivity contribution in [3.8, 4) is 0 Å². The highest BCUT2D eigenvalue weighted by Crippen LogP contribution is 2.20. The molecule has 12 heavy (non-hydrogen) atoms. The van der Waals surface area contributed by atoms with Gasteiger partial charge in [0.1, 0.15) is 0 Å². The van der Waals surface area contributed by atoms with Gasteiger partial charge in [0.2, 0.25) is 0 Å². The van der Waals surface area contributed by atoms with Gasteiger partial charge in [0.15, 0.2) is 5.96 Å². The molecule has 2 rings (SSSR count). The van der Waals surface area contributed by atoms with Gasteiger partial charge in [0, 0.05) is 19.1 Å². The number of aliphatic imine (C=N–C) groups is 1. The van der Waals surface area contributed by atoms with Crippen LogP contribution in [-0.2, 0) is 0 Å². The van der Waals surface area contributed by atoms with E-state index in [1.807, 2.05) is 7.05 Å². The van der Waals surface area contributed by atoms with Crippen LogP contribution in [0.2, 0.25) is 0 Å². The standard InChI is InChI=1S/C9H17N3/c1-10-9(12-8-5-6-8)11-7-3-2-4-7/h7-8H,2-6H2,1H3,(H2,10,11,12). The van der Waals surface area contributed by atoms with E-state index in [-0.39, 0.29) is 0 Å². The Labute approximate surface area is 73.6 Å². The zero-order chi connectivity index (χ0) is 8.39. The molecule has 0 aromatic heterocycles. The molecular weight excluding hydrogens is 150 g/mol. The summed E-state index contributed by atoms with van der Waals surface area (Å²) in [6, 6.07) is 1.39. The van der Waals surface area contributed by atoms with E-state index in [1.165, 1.54) is 32.1 Å². The molecule has 0 unspecified atom stereocenters. The molecular formula is C9H17N3. The predicted octanol–water partition coefficient (Wildman–Crippen LogP) is 0.866. The summed E-state index contributed by atoms with van der Waals surface area (Å²) in [6.07, 6.45) is 6.62. The Morgan fingerprint density at radius 2 is 1.67 bits per heavy atom. The number of guanidine groups is 1. The fraction of sp³-hybridized carbons (Fsp3) is 0.889. The lowest BCUT2D eigenvalue weighted by molar-refractivity contribution is 0.379. The SMILES string of the molecule is CN=C(NC1CCC1)NC1CC1. The molecule has 2 saturated carbocycles. The maximum Gasteiger partial charge on any atom is 0.191 e. The van der Waals surface area contributed by atoms with Crippen molar-refractivity contribution >= 4 is 5.96 Å². The molecule has 68 valence electrons. The zero-order valence-corrected chi connectivity index (χ0v) is 7.64. The molecule has 2 fully saturated rings. The molecule has 2 aliphatic rings. The fourth-order valence-electron chi connectivity index (χ4n) is 1.34. The smallest absolute Gasteiger partial charge is 0.191 e. The minimum absolute atomic E-state index is 0.690. The van der Waals surface area contributed by atoms with E-state index in [9.17, 15) is 0 Å². The van der Waals surface area contributed by atoms with Crippen LogP contribution in [0.3, 0.4) is 0 Å². The largest absolute Gasteiger partial charge is 0.354 e. The number of rotatable bonds is 2. The van der Waals surface area contributed by atoms with Crippen LogP contribution in [0.5, 0.6) is 0 Å². The Morgan fingerprint density at radius 1 is 1.08 bits per heavy atom. The fourth-order valence-corrected chi connectivity index (χ4v) is 1.34. The van der Waals surface area contributed by atoms with Gasteiger partial charge in [0.05, 0.1) is 0 Å². The van der Waals surface area contributed by atoms with Crippen LogP contribution >= 0.6 is 0 Å². The monoisotopic (exact) mass is 167 g/mol. The molecule has 2 aliphatic carbocycles. The third-order valence-corrected chi connectivity index (χ3v) is 2.59. The van der Waals surface area contributed by atoms with E-state index >= 15 is 0 Å². The van der Waals surface area contributed by atoms with Gasteiger partial charge in [-0.05, 0) is 32.1 Å². The summed E-state index contributed by atoms with van der Waals surface area (Å²) in [5.41, 5.74) is 0. The number of nitrogens with one attached hydrogen (secondary N) is 2. The maximum atomic E-state index is 4.18. The van der Waals surface area contributed by atoms with Crippen molar-refractivity contribution < 1.29 is 0 Å². The van der Waals surface area contributed by atoms with Crippen LogP contribution in [0.1, 0.15) is 32.1 Å². The Hall–Kier alpha value is -0.730. The topological polar surface area (TPSA) is 36.4 Å². The summed E-state index contributed by atoms with van der Waals surface area (Å²) in [7, 11) is 1.84. The van der Waals surface area contributed by atoms with E-state index in [2.05, 4.69) is 15.6 Å². The molecule has 0 atom stereocenters. The van der Waals surface area contributed by atoms with Gasteiger partial charge in [-0.1, -0.05) is 0 Å². The van der Waals surface area contributed by atoms with E-state index in [4.69, 9.17) is 0 Å². The molecule has 0 aromatic rings. The Kier molecular flexibility index (Phi) is 2.19. The minimum atomic E-state index is 0.690. The average Bonchev–Trinajstić information content (AvgIpc) is 2.77. The van der Waals surface area contributed by atoms with Gasteiger partial charge in [-0.3, -0.25) is 4.99 Å². The van der Waals surface area contributed by atoms with Crippen molar-refractivity contribution in [1.82, 2.24) is 10.6 Å². The average molecular weight is 167 g/mol. The van der Waals surface area contributed by atoms with Crippen LogP contribution in [0, 0.1) is 0 Å². The van der Waals surface area contributed by atoms with Gasteiger partial charge in [-0.25, -0.2) is 0 Å². The first-order valence-electron chi connectivity index (χ1n) is 4.88. The molecule has 0 aliphatic heterocycles. The second-order valence-corrected chi connectivity index (χ2v) is 3.76. The molecule has 0 aromatic carbocycles. The Morgan fingerprint density at radius 3 is 2.00 bits per heavy atom. The summed E-state index contributed by atoms with van der Waals surface area (Å²) < 4.78 is 0. The number of hydrogen-bond donors (Lipinski definition) is 2. The summed E-state index contributed by atoms with van der Waals surface area (Å²) in [5, 5.41) is 6.79. The lowest BCUT2D eigenvalue weighted by Gasteiger charge is -2.28. The first-order valence-corrected chi connectivity index (χ1v) is 4.88. The van der Waals surface area contributed by atoms with Crippen molar-refractivity contribution in [2.24, 2.45) is 4.99 Å². The van der Waals surface area contributed by atoms with Crippen LogP contribution in [0.15, 0.2) is 4.99 Å².